The Morgan fingerprint density at radius 3 is 2.61 bits per heavy atom. The third-order valence-electron chi connectivity index (χ3n) is 8.81. The van der Waals surface area contributed by atoms with Gasteiger partial charge in [0.25, 0.3) is 0 Å². The van der Waals surface area contributed by atoms with E-state index in [2.05, 4.69) is 48.3 Å². The molecule has 0 radical (unpaired) electrons. The molecule has 1 aliphatic heterocycles. The SMILES string of the molecule is COc1cccc([C@@]23CCN(C)C[C@H]2C(OC(C)=O)C[C@@H](N(C)C(=O)CCCCCc2ccccc2)C3)c1. The molecule has 2 aromatic carbocycles. The van der Waals surface area contributed by atoms with Crippen LogP contribution in [-0.4, -0.2) is 68.1 Å². The van der Waals surface area contributed by atoms with E-state index in [1.807, 2.05) is 30.1 Å². The van der Waals surface area contributed by atoms with Gasteiger partial charge < -0.3 is 19.3 Å². The van der Waals surface area contributed by atoms with E-state index < -0.39 is 0 Å². The minimum Gasteiger partial charge on any atom is -0.497 e. The molecule has 4 rings (SSSR count). The van der Waals surface area contributed by atoms with Gasteiger partial charge in [0.15, 0.2) is 0 Å². The summed E-state index contributed by atoms with van der Waals surface area (Å²) in [4.78, 5) is 29.8. The third-order valence-corrected chi connectivity index (χ3v) is 8.81. The molecule has 0 N–H and O–H groups in total. The molecule has 4 atom stereocenters. The van der Waals surface area contributed by atoms with E-state index >= 15 is 0 Å². The zero-order chi connectivity index (χ0) is 27.1. The molecule has 0 bridgehead atoms. The third kappa shape index (κ3) is 6.58. The highest BCUT2D eigenvalue weighted by atomic mass is 16.5. The summed E-state index contributed by atoms with van der Waals surface area (Å²) in [5.41, 5.74) is 2.39. The molecule has 0 aromatic heterocycles. The summed E-state index contributed by atoms with van der Waals surface area (Å²) in [6.07, 6.45) is 6.90. The fourth-order valence-electron chi connectivity index (χ4n) is 6.69. The number of carbonyl (C=O) groups excluding carboxylic acids is 2. The molecule has 1 saturated heterocycles. The van der Waals surface area contributed by atoms with Crippen molar-refractivity contribution in [3.63, 3.8) is 0 Å². The van der Waals surface area contributed by atoms with E-state index in [-0.39, 0.29) is 35.4 Å². The average molecular weight is 521 g/mol. The van der Waals surface area contributed by atoms with Crippen LogP contribution in [0.25, 0.3) is 0 Å². The lowest BCUT2D eigenvalue weighted by molar-refractivity contribution is -0.160. The molecule has 1 unspecified atom stereocenters. The Morgan fingerprint density at radius 2 is 1.87 bits per heavy atom. The van der Waals surface area contributed by atoms with E-state index in [1.54, 1.807) is 7.11 Å². The van der Waals surface area contributed by atoms with Crippen molar-refractivity contribution in [3.8, 4) is 5.75 Å². The smallest absolute Gasteiger partial charge is 0.302 e. The highest BCUT2D eigenvalue weighted by Gasteiger charge is 2.54. The van der Waals surface area contributed by atoms with Crippen molar-refractivity contribution >= 4 is 11.9 Å². The summed E-state index contributed by atoms with van der Waals surface area (Å²) < 4.78 is 11.6. The maximum absolute atomic E-state index is 13.3. The Bertz CT molecular complexity index is 1070. The van der Waals surface area contributed by atoms with Crippen LogP contribution in [0, 0.1) is 5.92 Å². The lowest BCUT2D eigenvalue weighted by atomic mass is 9.56. The fourth-order valence-corrected chi connectivity index (χ4v) is 6.69. The summed E-state index contributed by atoms with van der Waals surface area (Å²) in [5, 5.41) is 0. The van der Waals surface area contributed by atoms with Crippen LogP contribution in [0.15, 0.2) is 54.6 Å². The first-order chi connectivity index (χ1) is 18.3. The number of amides is 1. The Labute approximate surface area is 228 Å². The van der Waals surface area contributed by atoms with Crippen molar-refractivity contribution < 1.29 is 19.1 Å². The number of hydrogen-bond donors (Lipinski definition) is 0. The van der Waals surface area contributed by atoms with Crippen LogP contribution in [0.4, 0.5) is 0 Å². The summed E-state index contributed by atoms with van der Waals surface area (Å²) in [5.74, 6) is 0.926. The molecule has 6 nitrogen and oxygen atoms in total. The van der Waals surface area contributed by atoms with Crippen molar-refractivity contribution in [2.45, 2.75) is 75.9 Å². The first-order valence-electron chi connectivity index (χ1n) is 14.1. The molecule has 1 aliphatic carbocycles. The normalized spacial score (nSPS) is 25.3. The number of rotatable bonds is 10. The van der Waals surface area contributed by atoms with Gasteiger partial charge in [-0.1, -0.05) is 48.9 Å². The summed E-state index contributed by atoms with van der Waals surface area (Å²) >= 11 is 0. The summed E-state index contributed by atoms with van der Waals surface area (Å²) in [6.45, 7) is 3.32. The van der Waals surface area contributed by atoms with E-state index in [0.29, 0.717) is 12.8 Å². The maximum Gasteiger partial charge on any atom is 0.302 e. The van der Waals surface area contributed by atoms with Gasteiger partial charge in [-0.3, -0.25) is 9.59 Å². The Morgan fingerprint density at radius 1 is 1.08 bits per heavy atom. The number of fused-ring (bicyclic) bond motifs is 1. The molecule has 0 spiro atoms. The number of nitrogens with zero attached hydrogens (tertiary/aromatic N) is 2. The number of likely N-dealkylation sites (tertiary alicyclic amines) is 1. The topological polar surface area (TPSA) is 59.1 Å². The van der Waals surface area contributed by atoms with Gasteiger partial charge in [0.1, 0.15) is 11.9 Å². The van der Waals surface area contributed by atoms with Gasteiger partial charge in [-0.05, 0) is 69.0 Å². The molecule has 2 aliphatic rings. The monoisotopic (exact) mass is 520 g/mol. The summed E-state index contributed by atoms with van der Waals surface area (Å²) in [6, 6.07) is 18.9. The highest BCUT2D eigenvalue weighted by molar-refractivity contribution is 5.76. The second-order valence-electron chi connectivity index (χ2n) is 11.3. The molecule has 1 amide bonds. The van der Waals surface area contributed by atoms with Crippen molar-refractivity contribution in [1.82, 2.24) is 9.80 Å². The molecular weight excluding hydrogens is 476 g/mol. The van der Waals surface area contributed by atoms with Crippen LogP contribution in [0.5, 0.6) is 5.75 Å². The molecule has 2 aromatic rings. The lowest BCUT2D eigenvalue weighted by Crippen LogP contribution is -2.61. The molecule has 1 heterocycles. The van der Waals surface area contributed by atoms with Gasteiger partial charge in [-0.25, -0.2) is 0 Å². The average Bonchev–Trinajstić information content (AvgIpc) is 2.93. The second kappa shape index (κ2) is 12.8. The maximum atomic E-state index is 13.3. The van der Waals surface area contributed by atoms with Gasteiger partial charge in [-0.2, -0.15) is 0 Å². The second-order valence-corrected chi connectivity index (χ2v) is 11.3. The molecule has 206 valence electrons. The van der Waals surface area contributed by atoms with Crippen LogP contribution in [-0.2, 0) is 26.2 Å². The van der Waals surface area contributed by atoms with Gasteiger partial charge in [0.2, 0.25) is 5.91 Å². The van der Waals surface area contributed by atoms with Crippen molar-refractivity contribution in [2.75, 3.05) is 34.3 Å². The summed E-state index contributed by atoms with van der Waals surface area (Å²) in [7, 11) is 5.77. The minimum atomic E-state index is -0.254. The van der Waals surface area contributed by atoms with Gasteiger partial charge >= 0.3 is 5.97 Å². The van der Waals surface area contributed by atoms with Gasteiger partial charge in [0.05, 0.1) is 7.11 Å². The van der Waals surface area contributed by atoms with E-state index in [1.165, 1.54) is 18.1 Å². The van der Waals surface area contributed by atoms with E-state index in [0.717, 1.165) is 57.4 Å². The van der Waals surface area contributed by atoms with Gasteiger partial charge in [0, 0.05) is 50.7 Å². The number of esters is 1. The lowest BCUT2D eigenvalue weighted by Gasteiger charge is -2.56. The zero-order valence-electron chi connectivity index (χ0n) is 23.5. The predicted molar refractivity (Wildman–Crippen MR) is 150 cm³/mol. The number of methoxy groups -OCH3 is 1. The van der Waals surface area contributed by atoms with Crippen LogP contribution in [0.2, 0.25) is 0 Å². The molecule has 6 heteroatoms. The Balaban J connectivity index is 1.48. The van der Waals surface area contributed by atoms with Crippen LogP contribution in [0.1, 0.15) is 63.0 Å². The number of ether oxygens (including phenoxy) is 2. The Kier molecular flexibility index (Phi) is 9.48. The number of aryl methyl sites for hydroxylation is 1. The molecule has 38 heavy (non-hydrogen) atoms. The first kappa shape index (κ1) is 28.2. The standard InChI is InChI=1S/C32H44N2O4/c1-24(35)38-30-21-27(34(3)31(36)17-10-6-9-14-25-12-7-5-8-13-25)22-32(18-19-33(2)23-29(30)32)26-15-11-16-28(20-26)37-4/h5,7-8,11-13,15-16,20,27,29-30H,6,9-10,14,17-19,21-23H2,1-4H3/t27-,29+,30?,32+/m1/s1. The van der Waals surface area contributed by atoms with Crippen molar-refractivity contribution in [2.24, 2.45) is 5.92 Å². The van der Waals surface area contributed by atoms with Crippen molar-refractivity contribution in [3.05, 3.63) is 65.7 Å². The van der Waals surface area contributed by atoms with Gasteiger partial charge in [-0.15, -0.1) is 0 Å². The predicted octanol–water partition coefficient (Wildman–Crippen LogP) is 5.24. The number of unbranched alkanes of at least 4 members (excludes halogenated alkanes) is 2. The van der Waals surface area contributed by atoms with E-state index in [4.69, 9.17) is 9.47 Å². The quantitative estimate of drug-likeness (QED) is 0.317. The van der Waals surface area contributed by atoms with Crippen LogP contribution in [0.3, 0.4) is 0 Å². The first-order valence-corrected chi connectivity index (χ1v) is 14.1. The molecular formula is C32H44N2O4. The van der Waals surface area contributed by atoms with E-state index in [9.17, 15) is 9.59 Å². The van der Waals surface area contributed by atoms with Crippen LogP contribution < -0.4 is 4.74 Å². The Hall–Kier alpha value is -2.86. The van der Waals surface area contributed by atoms with Crippen LogP contribution >= 0.6 is 0 Å². The molecule has 2 fully saturated rings. The highest BCUT2D eigenvalue weighted by Crippen LogP contribution is 2.51. The zero-order valence-corrected chi connectivity index (χ0v) is 23.5. The number of benzene rings is 2. The minimum absolute atomic E-state index is 0.0158. The number of piperidine rings is 1. The molecule has 1 saturated carbocycles. The van der Waals surface area contributed by atoms with Crippen molar-refractivity contribution in [1.29, 1.82) is 0 Å². The largest absolute Gasteiger partial charge is 0.497 e. The fraction of sp³-hybridized carbons (Fsp3) is 0.562. The number of carbonyl (C=O) groups is 2. The number of hydrogen-bond acceptors (Lipinski definition) is 5.